The van der Waals surface area contributed by atoms with E-state index >= 15 is 0 Å². The van der Waals surface area contributed by atoms with Crippen LogP contribution in [0.15, 0.2) is 48.5 Å². The Morgan fingerprint density at radius 3 is 1.71 bits per heavy atom. The van der Waals surface area contributed by atoms with Gasteiger partial charge in [0.15, 0.2) is 16.3 Å². The van der Waals surface area contributed by atoms with Crippen LogP contribution in [0.5, 0.6) is 11.5 Å². The van der Waals surface area contributed by atoms with Crippen molar-refractivity contribution < 1.29 is 40.3 Å². The Labute approximate surface area is 201 Å². The number of methoxy groups -OCH3 is 2. The molecule has 0 aliphatic rings. The quantitative estimate of drug-likeness (QED) is 0.197. The average molecular weight is 535 g/mol. The summed E-state index contributed by atoms with van der Waals surface area (Å²) >= 11 is 1.55. The third kappa shape index (κ3) is 7.51. The molecule has 186 valence electrons. The van der Waals surface area contributed by atoms with Crippen molar-refractivity contribution in [1.29, 1.82) is 0 Å². The first kappa shape index (κ1) is 27.8. The summed E-state index contributed by atoms with van der Waals surface area (Å²) in [5, 5.41) is 0. The van der Waals surface area contributed by atoms with Crippen LogP contribution in [0, 0.1) is 0 Å². The van der Waals surface area contributed by atoms with Gasteiger partial charge in [0.2, 0.25) is 0 Å². The molecule has 7 nitrogen and oxygen atoms in total. The van der Waals surface area contributed by atoms with Crippen molar-refractivity contribution in [3.05, 3.63) is 48.5 Å². The fourth-order valence-corrected chi connectivity index (χ4v) is 4.91. The molecule has 34 heavy (non-hydrogen) atoms. The minimum atomic E-state index is -6.09. The van der Waals surface area contributed by atoms with Crippen molar-refractivity contribution in [2.75, 3.05) is 14.2 Å². The van der Waals surface area contributed by atoms with E-state index in [9.17, 15) is 13.2 Å². The molecule has 0 radical (unpaired) electrons. The Bertz CT molecular complexity index is 1190. The van der Waals surface area contributed by atoms with E-state index in [1.54, 1.807) is 25.8 Å². The molecule has 0 aliphatic carbocycles. The van der Waals surface area contributed by atoms with Crippen molar-refractivity contribution in [3.63, 3.8) is 0 Å². The standard InChI is InChI=1S/C20H25N2O2SSi.CHF3O3S/c1-23-17-10-6-15(7-11-17)19-20(16-8-12-18(24-2)13-9-16)25-21-22(19)14-26(3,4)5;2-1(3,4)8(5,6)7/h6-13H,14H2,1-5H3;(H,5,6,7)/q+1;/p-1. The highest BCUT2D eigenvalue weighted by molar-refractivity contribution is 7.86. The van der Waals surface area contributed by atoms with Crippen LogP contribution in [0.3, 0.4) is 0 Å². The highest BCUT2D eigenvalue weighted by Crippen LogP contribution is 2.34. The van der Waals surface area contributed by atoms with E-state index in [2.05, 4.69) is 48.6 Å². The van der Waals surface area contributed by atoms with Crippen molar-refractivity contribution in [2.24, 2.45) is 0 Å². The molecular weight excluding hydrogens is 509 g/mol. The molecule has 1 aromatic heterocycles. The summed E-state index contributed by atoms with van der Waals surface area (Å²) in [5.41, 5.74) is -2.16. The van der Waals surface area contributed by atoms with Gasteiger partial charge < -0.3 is 14.0 Å². The number of alkyl halides is 3. The summed E-state index contributed by atoms with van der Waals surface area (Å²) in [6.45, 7) is 7.10. The maximum atomic E-state index is 10.7. The summed E-state index contributed by atoms with van der Waals surface area (Å²) in [5.74, 6) is 1.72. The molecule has 0 aliphatic heterocycles. The summed E-state index contributed by atoms with van der Waals surface area (Å²) in [7, 11) is -4.03. The molecular formula is C21H25F3N2O5S2Si. The Balaban J connectivity index is 0.000000440. The van der Waals surface area contributed by atoms with E-state index in [0.29, 0.717) is 0 Å². The van der Waals surface area contributed by atoms with Crippen LogP contribution in [-0.4, -0.2) is 45.3 Å². The molecule has 0 atom stereocenters. The van der Waals surface area contributed by atoms with Gasteiger partial charge in [-0.25, -0.2) is 8.42 Å². The van der Waals surface area contributed by atoms with E-state index in [1.165, 1.54) is 10.6 Å². The van der Waals surface area contributed by atoms with E-state index in [0.717, 1.165) is 28.8 Å². The van der Waals surface area contributed by atoms with Gasteiger partial charge >= 0.3 is 5.51 Å². The lowest BCUT2D eigenvalue weighted by Gasteiger charge is -2.10. The van der Waals surface area contributed by atoms with Crippen LogP contribution in [0.25, 0.3) is 21.7 Å². The third-order valence-corrected chi connectivity index (χ3v) is 7.03. The Morgan fingerprint density at radius 2 is 1.35 bits per heavy atom. The van der Waals surface area contributed by atoms with Crippen LogP contribution in [0.2, 0.25) is 19.6 Å². The fourth-order valence-electron chi connectivity index (χ4n) is 2.81. The summed E-state index contributed by atoms with van der Waals surface area (Å²) in [6, 6.07) is 16.4. The number of benzene rings is 2. The monoisotopic (exact) mass is 534 g/mol. The molecule has 2 aromatic carbocycles. The molecule has 1 heterocycles. The number of nitrogens with zero attached hydrogens (tertiary/aromatic N) is 2. The molecule has 0 saturated carbocycles. The lowest BCUT2D eigenvalue weighted by Crippen LogP contribution is -2.48. The molecule has 0 spiro atoms. The lowest BCUT2D eigenvalue weighted by molar-refractivity contribution is -0.721. The van der Waals surface area contributed by atoms with Gasteiger partial charge in [-0.15, -0.1) is 0 Å². The zero-order chi connectivity index (χ0) is 25.7. The fraction of sp³-hybridized carbons (Fsp3) is 0.333. The summed E-state index contributed by atoms with van der Waals surface area (Å²) in [4.78, 5) is 1.18. The number of hydrogen-bond acceptors (Lipinski definition) is 7. The molecule has 0 fully saturated rings. The maximum absolute atomic E-state index is 10.7. The molecule has 13 heteroatoms. The van der Waals surface area contributed by atoms with Crippen molar-refractivity contribution in [1.82, 2.24) is 4.49 Å². The van der Waals surface area contributed by atoms with Crippen LogP contribution in [-0.2, 0) is 16.3 Å². The third-order valence-electron chi connectivity index (χ3n) is 4.33. The highest BCUT2D eigenvalue weighted by Gasteiger charge is 2.37. The summed E-state index contributed by atoms with van der Waals surface area (Å²) < 4.78 is 76.5. The minimum absolute atomic E-state index is 0.860. The molecule has 0 bridgehead atoms. The van der Waals surface area contributed by atoms with Crippen LogP contribution in [0.1, 0.15) is 0 Å². The molecule has 0 N–H and O–H groups in total. The predicted molar refractivity (Wildman–Crippen MR) is 125 cm³/mol. The second-order valence-electron chi connectivity index (χ2n) is 8.33. The van der Waals surface area contributed by atoms with Gasteiger partial charge in [-0.2, -0.15) is 13.2 Å². The van der Waals surface area contributed by atoms with Gasteiger partial charge in [0.1, 0.15) is 24.5 Å². The van der Waals surface area contributed by atoms with Crippen molar-refractivity contribution in [2.45, 2.75) is 31.3 Å². The first-order valence-corrected chi connectivity index (χ1v) is 15.8. The number of aromatic nitrogens is 2. The average Bonchev–Trinajstić information content (AvgIpc) is 3.14. The zero-order valence-corrected chi connectivity index (χ0v) is 21.8. The minimum Gasteiger partial charge on any atom is -0.741 e. The first-order chi connectivity index (χ1) is 15.7. The van der Waals surface area contributed by atoms with Crippen LogP contribution < -0.4 is 14.2 Å². The van der Waals surface area contributed by atoms with Gasteiger partial charge in [-0.1, -0.05) is 24.3 Å². The number of rotatable bonds is 6. The van der Waals surface area contributed by atoms with Gasteiger partial charge in [0, 0.05) is 17.1 Å². The smallest absolute Gasteiger partial charge is 0.485 e. The Morgan fingerprint density at radius 1 is 0.941 bits per heavy atom. The predicted octanol–water partition coefficient (Wildman–Crippen LogP) is 4.71. The van der Waals surface area contributed by atoms with E-state index < -0.39 is 23.7 Å². The van der Waals surface area contributed by atoms with Gasteiger partial charge in [0.25, 0.3) is 5.69 Å². The van der Waals surface area contributed by atoms with Crippen molar-refractivity contribution in [3.8, 4) is 33.2 Å². The summed E-state index contributed by atoms with van der Waals surface area (Å²) in [6.07, 6.45) is 0.987. The number of ether oxygens (including phenoxy) is 2. The van der Waals surface area contributed by atoms with E-state index in [1.807, 2.05) is 24.3 Å². The Kier molecular flexibility index (Phi) is 8.85. The normalized spacial score (nSPS) is 12.0. The topological polar surface area (TPSA) is 92.4 Å². The van der Waals surface area contributed by atoms with E-state index in [4.69, 9.17) is 26.9 Å². The molecule has 3 aromatic rings. The highest BCUT2D eigenvalue weighted by atomic mass is 32.2. The molecule has 0 unspecified atom stereocenters. The van der Waals surface area contributed by atoms with Gasteiger partial charge in [-0.05, 0) is 48.5 Å². The van der Waals surface area contributed by atoms with Gasteiger partial charge in [0.05, 0.1) is 24.3 Å². The maximum Gasteiger partial charge on any atom is 0.485 e. The second-order valence-corrected chi connectivity index (χ2v) is 15.9. The molecule has 0 amide bonds. The SMILES string of the molecule is COc1ccc(-c2sn[n+](C[Si](C)(C)C)c2-c2ccc(OC)cc2)cc1.O=S(=O)([O-])C(F)(F)F. The number of hydrogen-bond donors (Lipinski definition) is 0. The number of halogens is 3. The van der Waals surface area contributed by atoms with E-state index in [-0.39, 0.29) is 0 Å². The zero-order valence-electron chi connectivity index (χ0n) is 19.2. The van der Waals surface area contributed by atoms with Crippen LogP contribution >= 0.6 is 11.5 Å². The second kappa shape index (κ2) is 10.8. The van der Waals surface area contributed by atoms with Crippen LogP contribution in [0.4, 0.5) is 13.2 Å². The van der Waals surface area contributed by atoms with Gasteiger partial charge in [-0.3, -0.25) is 0 Å². The Hall–Kier alpha value is -2.48. The lowest BCUT2D eigenvalue weighted by atomic mass is 10.1. The largest absolute Gasteiger partial charge is 0.741 e. The first-order valence-electron chi connectivity index (χ1n) is 9.87. The molecule has 3 rings (SSSR count). The molecule has 0 saturated heterocycles. The van der Waals surface area contributed by atoms with Crippen molar-refractivity contribution >= 4 is 29.7 Å².